The second-order valence-corrected chi connectivity index (χ2v) is 3.05. The predicted molar refractivity (Wildman–Crippen MR) is 50.7 cm³/mol. The van der Waals surface area contributed by atoms with Gasteiger partial charge in [-0.15, -0.1) is 0 Å². The number of hydrogen-bond donors (Lipinski definition) is 1. The van der Waals surface area contributed by atoms with Gasteiger partial charge in [0.15, 0.2) is 5.58 Å². The number of aliphatic hydroxyl groups excluding tert-OH is 1. The van der Waals surface area contributed by atoms with Crippen molar-refractivity contribution in [2.75, 3.05) is 0 Å². The Bertz CT molecular complexity index is 509. The molecule has 0 atom stereocenters. The number of aliphatic hydroxyl groups is 1. The van der Waals surface area contributed by atoms with Crippen LogP contribution in [0.1, 0.15) is 5.89 Å². The van der Waals surface area contributed by atoms with Gasteiger partial charge in [0.2, 0.25) is 11.6 Å². The summed E-state index contributed by atoms with van der Waals surface area (Å²) >= 11 is 0. The smallest absolute Gasteiger partial charge is 0.448 e. The van der Waals surface area contributed by atoms with Crippen molar-refractivity contribution in [3.8, 4) is 0 Å². The van der Waals surface area contributed by atoms with Crippen molar-refractivity contribution in [3.63, 3.8) is 0 Å². The molecule has 1 aromatic heterocycles. The van der Waals surface area contributed by atoms with Crippen molar-refractivity contribution < 1.29 is 22.7 Å². The molecule has 0 aliphatic carbocycles. The van der Waals surface area contributed by atoms with Gasteiger partial charge in [-0.3, -0.25) is 0 Å². The molecule has 0 aliphatic heterocycles. The van der Waals surface area contributed by atoms with E-state index in [1.165, 1.54) is 0 Å². The molecule has 2 rings (SSSR count). The zero-order valence-corrected chi connectivity index (χ0v) is 7.82. The Hall–Kier alpha value is -1.98. The number of halogens is 3. The number of oxazole rings is 1. The molecule has 3 nitrogen and oxygen atoms in total. The van der Waals surface area contributed by atoms with Crippen LogP contribution < -0.4 is 0 Å². The van der Waals surface area contributed by atoms with Gasteiger partial charge >= 0.3 is 6.18 Å². The number of nitrogens with zero attached hydrogens (tertiary/aromatic N) is 1. The Morgan fingerprint density at radius 1 is 1.31 bits per heavy atom. The van der Waals surface area contributed by atoms with E-state index in [0.717, 1.165) is 0 Å². The fourth-order valence-electron chi connectivity index (χ4n) is 1.15. The van der Waals surface area contributed by atoms with Gasteiger partial charge < -0.3 is 9.52 Å². The van der Waals surface area contributed by atoms with Gasteiger partial charge in [0, 0.05) is 6.08 Å². The number of alkyl halides is 3. The quantitative estimate of drug-likeness (QED) is 0.763. The van der Waals surface area contributed by atoms with Gasteiger partial charge in [-0.2, -0.15) is 13.2 Å². The van der Waals surface area contributed by atoms with E-state index in [-0.39, 0.29) is 5.89 Å². The Morgan fingerprint density at radius 3 is 2.62 bits per heavy atom. The maximum Gasteiger partial charge on any atom is 0.448 e. The highest BCUT2D eigenvalue weighted by molar-refractivity contribution is 5.73. The number of para-hydroxylation sites is 2. The lowest BCUT2D eigenvalue weighted by Gasteiger charge is -2.02. The van der Waals surface area contributed by atoms with E-state index in [9.17, 15) is 13.2 Å². The SMILES string of the molecule is O/C(=C\c1nc2ccccc2o1)C(F)(F)F. The van der Waals surface area contributed by atoms with Crippen molar-refractivity contribution in [2.24, 2.45) is 0 Å². The molecule has 0 bridgehead atoms. The van der Waals surface area contributed by atoms with E-state index in [4.69, 9.17) is 9.52 Å². The number of benzene rings is 1. The van der Waals surface area contributed by atoms with Crippen LogP contribution in [0.4, 0.5) is 13.2 Å². The molecule has 1 N–H and O–H groups in total. The van der Waals surface area contributed by atoms with Crippen LogP contribution in [-0.2, 0) is 0 Å². The van der Waals surface area contributed by atoms with Crippen molar-refractivity contribution in [3.05, 3.63) is 35.9 Å². The molecule has 1 heterocycles. The maximum atomic E-state index is 12.0. The first-order chi connectivity index (χ1) is 7.47. The summed E-state index contributed by atoms with van der Waals surface area (Å²) in [6.45, 7) is 0. The van der Waals surface area contributed by atoms with Crippen LogP contribution in [0.3, 0.4) is 0 Å². The first-order valence-electron chi connectivity index (χ1n) is 4.30. The topological polar surface area (TPSA) is 46.3 Å². The van der Waals surface area contributed by atoms with Crippen molar-refractivity contribution >= 4 is 17.2 Å². The summed E-state index contributed by atoms with van der Waals surface area (Å²) in [4.78, 5) is 3.76. The van der Waals surface area contributed by atoms with Gasteiger partial charge in [0.05, 0.1) is 0 Å². The second kappa shape index (κ2) is 3.55. The normalized spacial score (nSPS) is 13.3. The van der Waals surface area contributed by atoms with E-state index in [0.29, 0.717) is 17.2 Å². The molecule has 0 aliphatic rings. The molecule has 0 saturated heterocycles. The minimum absolute atomic E-state index is 0.281. The third-order valence-electron chi connectivity index (χ3n) is 1.86. The summed E-state index contributed by atoms with van der Waals surface area (Å²) in [5.74, 6) is -2.02. The molecule has 0 unspecified atom stereocenters. The predicted octanol–water partition coefficient (Wildman–Crippen LogP) is 3.29. The first kappa shape index (κ1) is 10.5. The highest BCUT2D eigenvalue weighted by Crippen LogP contribution is 2.25. The van der Waals surface area contributed by atoms with Gasteiger partial charge in [-0.1, -0.05) is 12.1 Å². The largest absolute Gasteiger partial charge is 0.504 e. The molecule has 0 fully saturated rings. The second-order valence-electron chi connectivity index (χ2n) is 3.05. The number of aromatic nitrogens is 1. The monoisotopic (exact) mass is 229 g/mol. The summed E-state index contributed by atoms with van der Waals surface area (Å²) in [5.41, 5.74) is 0.799. The van der Waals surface area contributed by atoms with Crippen LogP contribution in [0, 0.1) is 0 Å². The molecule has 84 valence electrons. The van der Waals surface area contributed by atoms with Crippen LogP contribution in [0.5, 0.6) is 0 Å². The van der Waals surface area contributed by atoms with Crippen LogP contribution in [0.15, 0.2) is 34.4 Å². The third kappa shape index (κ3) is 2.00. The van der Waals surface area contributed by atoms with Crippen molar-refractivity contribution in [2.45, 2.75) is 6.18 Å². The Kier molecular flexibility index (Phi) is 2.34. The first-order valence-corrected chi connectivity index (χ1v) is 4.30. The molecule has 0 spiro atoms. The molecule has 0 saturated carbocycles. The standard InChI is InChI=1S/C10H6F3NO2/c11-10(12,13)8(15)5-9-14-6-3-1-2-4-7(6)16-9/h1-5,15H/b8-5-. The Morgan fingerprint density at radius 2 is 2.00 bits per heavy atom. The minimum Gasteiger partial charge on any atom is -0.504 e. The minimum atomic E-state index is -4.79. The fraction of sp³-hybridized carbons (Fsp3) is 0.100. The Balaban J connectivity index is 2.42. The highest BCUT2D eigenvalue weighted by atomic mass is 19.4. The van der Waals surface area contributed by atoms with Crippen LogP contribution in [0.2, 0.25) is 0 Å². The van der Waals surface area contributed by atoms with E-state index < -0.39 is 11.9 Å². The molecular weight excluding hydrogens is 223 g/mol. The van der Waals surface area contributed by atoms with Gasteiger partial charge in [-0.05, 0) is 12.1 Å². The van der Waals surface area contributed by atoms with Crippen molar-refractivity contribution in [1.82, 2.24) is 4.98 Å². The maximum absolute atomic E-state index is 12.0. The van der Waals surface area contributed by atoms with Crippen LogP contribution >= 0.6 is 0 Å². The number of allylic oxidation sites excluding steroid dienone is 1. The van der Waals surface area contributed by atoms with Gasteiger partial charge in [0.25, 0.3) is 0 Å². The average Bonchev–Trinajstić information content (AvgIpc) is 2.58. The van der Waals surface area contributed by atoms with Gasteiger partial charge in [0.1, 0.15) is 5.52 Å². The van der Waals surface area contributed by atoms with E-state index in [1.807, 2.05) is 0 Å². The lowest BCUT2D eigenvalue weighted by atomic mass is 10.3. The summed E-state index contributed by atoms with van der Waals surface area (Å²) in [5, 5.41) is 8.70. The van der Waals surface area contributed by atoms with E-state index >= 15 is 0 Å². The van der Waals surface area contributed by atoms with Crippen LogP contribution in [0.25, 0.3) is 17.2 Å². The summed E-state index contributed by atoms with van der Waals surface area (Å²) in [6.07, 6.45) is -4.35. The lowest BCUT2D eigenvalue weighted by Crippen LogP contribution is -2.10. The fourth-order valence-corrected chi connectivity index (χ4v) is 1.15. The van der Waals surface area contributed by atoms with E-state index in [2.05, 4.69) is 4.98 Å². The molecular formula is C10H6F3NO2. The summed E-state index contributed by atoms with van der Waals surface area (Å²) in [6, 6.07) is 6.53. The highest BCUT2D eigenvalue weighted by Gasteiger charge is 2.34. The van der Waals surface area contributed by atoms with Crippen LogP contribution in [-0.4, -0.2) is 16.3 Å². The molecule has 16 heavy (non-hydrogen) atoms. The third-order valence-corrected chi connectivity index (χ3v) is 1.86. The lowest BCUT2D eigenvalue weighted by molar-refractivity contribution is -0.119. The number of hydrogen-bond acceptors (Lipinski definition) is 3. The summed E-state index contributed by atoms with van der Waals surface area (Å²) < 4.78 is 41.0. The summed E-state index contributed by atoms with van der Waals surface area (Å²) in [7, 11) is 0. The zero-order chi connectivity index (χ0) is 11.8. The Labute approximate surface area is 87.8 Å². The van der Waals surface area contributed by atoms with Crippen molar-refractivity contribution in [1.29, 1.82) is 0 Å². The molecule has 6 heteroatoms. The van der Waals surface area contributed by atoms with Gasteiger partial charge in [-0.25, -0.2) is 4.98 Å². The zero-order valence-electron chi connectivity index (χ0n) is 7.82. The number of rotatable bonds is 1. The molecule has 0 radical (unpaired) electrons. The molecule has 1 aromatic carbocycles. The molecule has 2 aromatic rings. The molecule has 0 amide bonds. The average molecular weight is 229 g/mol. The number of fused-ring (bicyclic) bond motifs is 1. The van der Waals surface area contributed by atoms with E-state index in [1.54, 1.807) is 24.3 Å².